The Hall–Kier alpha value is -2.42. The molecule has 0 saturated carbocycles. The number of aliphatic imine (C=N–C) groups is 1. The molecule has 0 heterocycles. The van der Waals surface area contributed by atoms with Crippen LogP contribution < -0.4 is 15.4 Å². The van der Waals surface area contributed by atoms with Crippen LogP contribution in [-0.2, 0) is 16.6 Å². The number of sulfonamides is 1. The first-order chi connectivity index (χ1) is 13.0. The number of hydrogen-bond donors (Lipinski definition) is 4. The van der Waals surface area contributed by atoms with Gasteiger partial charge >= 0.3 is 0 Å². The molecular formula is C19H26N4O3S. The van der Waals surface area contributed by atoms with E-state index in [-0.39, 0.29) is 17.4 Å². The van der Waals surface area contributed by atoms with E-state index in [9.17, 15) is 13.5 Å². The lowest BCUT2D eigenvalue weighted by Crippen LogP contribution is -2.39. The Morgan fingerprint density at radius 1 is 1.11 bits per heavy atom. The third-order valence-electron chi connectivity index (χ3n) is 4.17. The van der Waals surface area contributed by atoms with Gasteiger partial charge in [-0.05, 0) is 30.3 Å². The highest BCUT2D eigenvalue weighted by Crippen LogP contribution is 2.13. The van der Waals surface area contributed by atoms with Crippen molar-refractivity contribution in [3.05, 3.63) is 65.7 Å². The second-order valence-electron chi connectivity index (χ2n) is 5.95. The molecule has 0 radical (unpaired) electrons. The van der Waals surface area contributed by atoms with Crippen molar-refractivity contribution in [1.82, 2.24) is 15.4 Å². The quantitative estimate of drug-likeness (QED) is 0.398. The van der Waals surface area contributed by atoms with E-state index >= 15 is 0 Å². The summed E-state index contributed by atoms with van der Waals surface area (Å²) in [5, 5.41) is 16.0. The van der Waals surface area contributed by atoms with Crippen molar-refractivity contribution in [3.63, 3.8) is 0 Å². The summed E-state index contributed by atoms with van der Waals surface area (Å²) in [4.78, 5) is 4.39. The van der Waals surface area contributed by atoms with E-state index < -0.39 is 10.0 Å². The summed E-state index contributed by atoms with van der Waals surface area (Å²) in [6.45, 7) is 0.966. The maximum absolute atomic E-state index is 11.9. The maximum atomic E-state index is 11.9. The molecule has 0 aromatic heterocycles. The van der Waals surface area contributed by atoms with Gasteiger partial charge in [-0.1, -0.05) is 42.5 Å². The number of aliphatic hydroxyl groups is 1. The number of aliphatic hydroxyl groups excluding tert-OH is 1. The molecule has 0 aliphatic heterocycles. The van der Waals surface area contributed by atoms with E-state index in [1.807, 2.05) is 36.4 Å². The Balaban J connectivity index is 1.95. The number of nitrogens with one attached hydrogen (secondary N) is 3. The maximum Gasteiger partial charge on any atom is 0.240 e. The molecule has 0 amide bonds. The fourth-order valence-electron chi connectivity index (χ4n) is 2.58. The van der Waals surface area contributed by atoms with Gasteiger partial charge < -0.3 is 15.7 Å². The molecule has 7 nitrogen and oxygen atoms in total. The predicted octanol–water partition coefficient (Wildman–Crippen LogP) is 1.04. The van der Waals surface area contributed by atoms with Crippen LogP contribution in [-0.4, -0.2) is 46.7 Å². The van der Waals surface area contributed by atoms with Crippen molar-refractivity contribution in [2.45, 2.75) is 17.4 Å². The van der Waals surface area contributed by atoms with E-state index in [0.29, 0.717) is 19.0 Å². The molecule has 8 heteroatoms. The Morgan fingerprint density at radius 3 is 2.48 bits per heavy atom. The number of nitrogens with zero attached hydrogens (tertiary/aromatic N) is 1. The molecule has 146 valence electrons. The molecule has 1 unspecified atom stereocenters. The highest BCUT2D eigenvalue weighted by molar-refractivity contribution is 7.89. The summed E-state index contributed by atoms with van der Waals surface area (Å²) >= 11 is 0. The van der Waals surface area contributed by atoms with Crippen LogP contribution in [0.4, 0.5) is 0 Å². The number of benzene rings is 2. The van der Waals surface area contributed by atoms with Crippen molar-refractivity contribution in [1.29, 1.82) is 0 Å². The summed E-state index contributed by atoms with van der Waals surface area (Å²) < 4.78 is 26.1. The Labute approximate surface area is 160 Å². The first-order valence-corrected chi connectivity index (χ1v) is 10.1. The molecule has 4 N–H and O–H groups in total. The molecule has 1 atom stereocenters. The molecule has 2 rings (SSSR count). The summed E-state index contributed by atoms with van der Waals surface area (Å²) in [6.07, 6.45) is 0. The average molecular weight is 391 g/mol. The van der Waals surface area contributed by atoms with E-state index in [2.05, 4.69) is 20.3 Å². The van der Waals surface area contributed by atoms with Gasteiger partial charge in [0, 0.05) is 26.1 Å². The van der Waals surface area contributed by atoms with Crippen LogP contribution in [0.5, 0.6) is 0 Å². The Bertz CT molecular complexity index is 854. The third kappa shape index (κ3) is 6.06. The second kappa shape index (κ2) is 10.1. The first kappa shape index (κ1) is 20.9. The minimum absolute atomic E-state index is 0.0257. The van der Waals surface area contributed by atoms with Crippen molar-refractivity contribution < 1.29 is 13.5 Å². The number of rotatable bonds is 8. The highest BCUT2D eigenvalue weighted by atomic mass is 32.2. The molecule has 0 fully saturated rings. The molecule has 2 aromatic rings. The fraction of sp³-hybridized carbons (Fsp3) is 0.316. The van der Waals surface area contributed by atoms with Gasteiger partial charge in [0.15, 0.2) is 5.96 Å². The predicted molar refractivity (Wildman–Crippen MR) is 107 cm³/mol. The minimum atomic E-state index is -3.47. The zero-order chi connectivity index (χ0) is 19.7. The van der Waals surface area contributed by atoms with Crippen LogP contribution in [0.25, 0.3) is 0 Å². The van der Waals surface area contributed by atoms with Crippen molar-refractivity contribution in [2.24, 2.45) is 4.99 Å². The average Bonchev–Trinajstić information content (AvgIpc) is 2.71. The second-order valence-corrected chi connectivity index (χ2v) is 7.84. The van der Waals surface area contributed by atoms with Crippen molar-refractivity contribution >= 4 is 16.0 Å². The molecule has 27 heavy (non-hydrogen) atoms. The van der Waals surface area contributed by atoms with Gasteiger partial charge in [-0.3, -0.25) is 4.99 Å². The first-order valence-electron chi connectivity index (χ1n) is 8.63. The summed E-state index contributed by atoms with van der Waals surface area (Å²) in [7, 11) is -0.426. The lowest BCUT2D eigenvalue weighted by molar-refractivity contribution is 0.265. The van der Waals surface area contributed by atoms with Gasteiger partial charge in [-0.25, -0.2) is 13.1 Å². The lowest BCUT2D eigenvalue weighted by Gasteiger charge is -2.18. The number of hydrogen-bond acceptors (Lipinski definition) is 4. The molecule has 0 saturated heterocycles. The monoisotopic (exact) mass is 390 g/mol. The molecule has 2 aromatic carbocycles. The standard InChI is InChI=1S/C19H26N4O3S/c1-20-19(23-13-17(14-24)16-8-4-3-5-9-16)22-12-15-7-6-10-18(11-15)27(25,26)21-2/h3-11,17,21,24H,12-14H2,1-2H3,(H2,20,22,23). The third-order valence-corrected chi connectivity index (χ3v) is 5.58. The van der Waals surface area contributed by atoms with Crippen LogP contribution in [0.2, 0.25) is 0 Å². The van der Waals surface area contributed by atoms with Crippen LogP contribution in [0, 0.1) is 0 Å². The van der Waals surface area contributed by atoms with Crippen LogP contribution in [0.15, 0.2) is 64.5 Å². The molecule has 0 spiro atoms. The van der Waals surface area contributed by atoms with E-state index in [0.717, 1.165) is 11.1 Å². The molecule has 0 aliphatic carbocycles. The van der Waals surface area contributed by atoms with Gasteiger partial charge in [0.05, 0.1) is 11.5 Å². The largest absolute Gasteiger partial charge is 0.396 e. The Morgan fingerprint density at radius 2 is 1.85 bits per heavy atom. The van der Waals surface area contributed by atoms with Gasteiger partial charge in [0.25, 0.3) is 0 Å². The summed E-state index contributed by atoms with van der Waals surface area (Å²) in [5.41, 5.74) is 1.86. The molecule has 0 bridgehead atoms. The van der Waals surface area contributed by atoms with Gasteiger partial charge in [-0.15, -0.1) is 0 Å². The lowest BCUT2D eigenvalue weighted by atomic mass is 10.0. The summed E-state index contributed by atoms with van der Waals surface area (Å²) in [5.74, 6) is 0.528. The van der Waals surface area contributed by atoms with Gasteiger partial charge in [-0.2, -0.15) is 0 Å². The van der Waals surface area contributed by atoms with Gasteiger partial charge in [0.2, 0.25) is 10.0 Å². The fourth-order valence-corrected chi connectivity index (χ4v) is 3.38. The topological polar surface area (TPSA) is 103 Å². The van der Waals surface area contributed by atoms with Crippen molar-refractivity contribution in [3.8, 4) is 0 Å². The molecule has 0 aliphatic rings. The van der Waals surface area contributed by atoms with Crippen LogP contribution >= 0.6 is 0 Å². The minimum Gasteiger partial charge on any atom is -0.396 e. The summed E-state index contributed by atoms with van der Waals surface area (Å²) in [6, 6.07) is 16.5. The Kier molecular flexibility index (Phi) is 7.78. The van der Waals surface area contributed by atoms with Crippen LogP contribution in [0.3, 0.4) is 0 Å². The van der Waals surface area contributed by atoms with E-state index in [1.165, 1.54) is 7.05 Å². The molecular weight excluding hydrogens is 364 g/mol. The van der Waals surface area contributed by atoms with E-state index in [4.69, 9.17) is 0 Å². The highest BCUT2D eigenvalue weighted by Gasteiger charge is 2.12. The zero-order valence-electron chi connectivity index (χ0n) is 15.5. The van der Waals surface area contributed by atoms with Crippen LogP contribution in [0.1, 0.15) is 17.0 Å². The normalized spacial score (nSPS) is 13.2. The smallest absolute Gasteiger partial charge is 0.240 e. The van der Waals surface area contributed by atoms with E-state index in [1.54, 1.807) is 25.2 Å². The number of guanidine groups is 1. The zero-order valence-corrected chi connectivity index (χ0v) is 16.3. The SMILES string of the molecule is CN=C(NCc1cccc(S(=O)(=O)NC)c1)NCC(CO)c1ccccc1. The van der Waals surface area contributed by atoms with Gasteiger partial charge in [0.1, 0.15) is 0 Å². The van der Waals surface area contributed by atoms with Crippen molar-refractivity contribution in [2.75, 3.05) is 27.2 Å².